The van der Waals surface area contributed by atoms with Crippen molar-refractivity contribution in [3.05, 3.63) is 70.6 Å². The standard InChI is InChI=1S/C21H16ClF3N2O4/c1-21(2,20(29)30-3)31-19(28)17-16(22)18(11-4-6-12(23)7-5-11)27(26-17)15-10-13(24)8-9-14(15)25/h4-10H,1-3H3. The second-order valence-electron chi connectivity index (χ2n) is 6.92. The van der Waals surface area contributed by atoms with Gasteiger partial charge in [-0.3, -0.25) is 0 Å². The molecular formula is C21H16ClF3N2O4. The zero-order chi connectivity index (χ0) is 22.9. The van der Waals surface area contributed by atoms with Crippen LogP contribution >= 0.6 is 11.6 Å². The van der Waals surface area contributed by atoms with Crippen molar-refractivity contribution < 1.29 is 32.2 Å². The van der Waals surface area contributed by atoms with E-state index in [1.165, 1.54) is 26.0 Å². The molecule has 0 saturated carbocycles. The number of hydrogen-bond donors (Lipinski definition) is 0. The Morgan fingerprint density at radius 1 is 1.03 bits per heavy atom. The van der Waals surface area contributed by atoms with E-state index in [0.29, 0.717) is 0 Å². The largest absolute Gasteiger partial charge is 0.466 e. The van der Waals surface area contributed by atoms with Gasteiger partial charge >= 0.3 is 11.9 Å². The number of rotatable bonds is 5. The molecule has 0 spiro atoms. The second-order valence-corrected chi connectivity index (χ2v) is 7.30. The highest BCUT2D eigenvalue weighted by Crippen LogP contribution is 2.35. The first kappa shape index (κ1) is 22.4. The van der Waals surface area contributed by atoms with E-state index >= 15 is 0 Å². The van der Waals surface area contributed by atoms with E-state index in [1.54, 1.807) is 0 Å². The summed E-state index contributed by atoms with van der Waals surface area (Å²) in [6, 6.07) is 7.58. The summed E-state index contributed by atoms with van der Waals surface area (Å²) in [5.74, 6) is -4.07. The first-order valence-corrected chi connectivity index (χ1v) is 9.24. The summed E-state index contributed by atoms with van der Waals surface area (Å²) in [4.78, 5) is 24.5. The Hall–Kier alpha value is -3.33. The van der Waals surface area contributed by atoms with Gasteiger partial charge in [0.15, 0.2) is 5.69 Å². The molecule has 0 aliphatic carbocycles. The number of carbonyl (C=O) groups is 2. The Labute approximate surface area is 180 Å². The highest BCUT2D eigenvalue weighted by atomic mass is 35.5. The van der Waals surface area contributed by atoms with Gasteiger partial charge in [0.1, 0.15) is 28.2 Å². The summed E-state index contributed by atoms with van der Waals surface area (Å²) in [7, 11) is 1.12. The van der Waals surface area contributed by atoms with E-state index in [1.807, 2.05) is 0 Å². The lowest BCUT2D eigenvalue weighted by atomic mass is 10.1. The number of benzene rings is 2. The Balaban J connectivity index is 2.19. The third-order valence-electron chi connectivity index (χ3n) is 4.30. The molecule has 0 fully saturated rings. The van der Waals surface area contributed by atoms with Crippen molar-refractivity contribution in [3.63, 3.8) is 0 Å². The van der Waals surface area contributed by atoms with Crippen LogP contribution in [0.25, 0.3) is 16.9 Å². The minimum absolute atomic E-state index is 0.00556. The monoisotopic (exact) mass is 452 g/mol. The number of carbonyl (C=O) groups excluding carboxylic acids is 2. The molecule has 6 nitrogen and oxygen atoms in total. The van der Waals surface area contributed by atoms with Crippen molar-refractivity contribution in [3.8, 4) is 16.9 Å². The van der Waals surface area contributed by atoms with Crippen molar-refractivity contribution in [2.75, 3.05) is 7.11 Å². The fourth-order valence-electron chi connectivity index (χ4n) is 2.78. The lowest BCUT2D eigenvalue weighted by molar-refractivity contribution is -0.159. The van der Waals surface area contributed by atoms with Crippen LogP contribution in [0.1, 0.15) is 24.3 Å². The van der Waals surface area contributed by atoms with Crippen LogP contribution in [0, 0.1) is 17.5 Å². The maximum absolute atomic E-state index is 14.5. The minimum Gasteiger partial charge on any atom is -0.466 e. The number of esters is 2. The Kier molecular flexibility index (Phi) is 6.08. The lowest BCUT2D eigenvalue weighted by Gasteiger charge is -2.21. The predicted octanol–water partition coefficient (Wildman–Crippen LogP) is 4.72. The fraction of sp³-hybridized carbons (Fsp3) is 0.190. The number of nitrogens with zero attached hydrogens (tertiary/aromatic N) is 2. The zero-order valence-corrected chi connectivity index (χ0v) is 17.3. The normalized spacial score (nSPS) is 11.3. The minimum atomic E-state index is -1.67. The van der Waals surface area contributed by atoms with Gasteiger partial charge in [-0.15, -0.1) is 0 Å². The first-order valence-electron chi connectivity index (χ1n) is 8.87. The molecule has 31 heavy (non-hydrogen) atoms. The van der Waals surface area contributed by atoms with Gasteiger partial charge in [-0.1, -0.05) is 11.6 Å². The third-order valence-corrected chi connectivity index (χ3v) is 4.66. The molecule has 0 bridgehead atoms. The molecule has 3 aromatic rings. The van der Waals surface area contributed by atoms with Gasteiger partial charge in [-0.2, -0.15) is 5.10 Å². The number of aromatic nitrogens is 2. The fourth-order valence-corrected chi connectivity index (χ4v) is 3.08. The Morgan fingerprint density at radius 3 is 2.26 bits per heavy atom. The molecule has 1 heterocycles. The molecule has 0 aliphatic rings. The smallest absolute Gasteiger partial charge is 0.361 e. The van der Waals surface area contributed by atoms with Gasteiger partial charge in [0, 0.05) is 11.6 Å². The molecule has 0 unspecified atom stereocenters. The molecule has 0 radical (unpaired) electrons. The van der Waals surface area contributed by atoms with Gasteiger partial charge in [0.25, 0.3) is 0 Å². The number of ether oxygens (including phenoxy) is 2. The topological polar surface area (TPSA) is 70.4 Å². The van der Waals surface area contributed by atoms with E-state index < -0.39 is 40.7 Å². The van der Waals surface area contributed by atoms with Crippen molar-refractivity contribution >= 4 is 23.5 Å². The van der Waals surface area contributed by atoms with Crippen LogP contribution in [-0.2, 0) is 14.3 Å². The van der Waals surface area contributed by atoms with Crippen LogP contribution in [0.15, 0.2) is 42.5 Å². The van der Waals surface area contributed by atoms with E-state index in [0.717, 1.165) is 42.1 Å². The van der Waals surface area contributed by atoms with E-state index in [2.05, 4.69) is 9.84 Å². The summed E-state index contributed by atoms with van der Waals surface area (Å²) in [6.07, 6.45) is 0. The molecule has 0 saturated heterocycles. The molecule has 0 N–H and O–H groups in total. The van der Waals surface area contributed by atoms with E-state index in [4.69, 9.17) is 16.3 Å². The summed E-state index contributed by atoms with van der Waals surface area (Å²) >= 11 is 6.37. The zero-order valence-electron chi connectivity index (χ0n) is 16.6. The molecule has 0 atom stereocenters. The van der Waals surface area contributed by atoms with Crippen LogP contribution in [0.4, 0.5) is 13.2 Å². The van der Waals surface area contributed by atoms with E-state index in [-0.39, 0.29) is 22.0 Å². The van der Waals surface area contributed by atoms with Gasteiger partial charge < -0.3 is 9.47 Å². The molecule has 2 aromatic carbocycles. The molecule has 3 rings (SSSR count). The molecule has 0 aliphatic heterocycles. The summed E-state index contributed by atoms with van der Waals surface area (Å²) < 4.78 is 52.3. The number of methoxy groups -OCH3 is 1. The van der Waals surface area contributed by atoms with Crippen LogP contribution in [-0.4, -0.2) is 34.4 Å². The average Bonchev–Trinajstić information content (AvgIpc) is 3.06. The van der Waals surface area contributed by atoms with Crippen molar-refractivity contribution in [1.29, 1.82) is 0 Å². The lowest BCUT2D eigenvalue weighted by Crippen LogP contribution is -2.38. The van der Waals surface area contributed by atoms with Crippen molar-refractivity contribution in [2.24, 2.45) is 0 Å². The number of halogens is 4. The molecule has 0 amide bonds. The SMILES string of the molecule is COC(=O)C(C)(C)OC(=O)c1nn(-c2cc(F)ccc2F)c(-c2ccc(F)cc2)c1Cl. The molecule has 1 aromatic heterocycles. The van der Waals surface area contributed by atoms with Crippen LogP contribution in [0.5, 0.6) is 0 Å². The van der Waals surface area contributed by atoms with Crippen LogP contribution in [0.2, 0.25) is 5.02 Å². The van der Waals surface area contributed by atoms with Crippen molar-refractivity contribution in [1.82, 2.24) is 9.78 Å². The first-order chi connectivity index (χ1) is 14.5. The average molecular weight is 453 g/mol. The van der Waals surface area contributed by atoms with Crippen LogP contribution in [0.3, 0.4) is 0 Å². The predicted molar refractivity (Wildman–Crippen MR) is 105 cm³/mol. The highest BCUT2D eigenvalue weighted by Gasteiger charge is 2.36. The van der Waals surface area contributed by atoms with Crippen LogP contribution < -0.4 is 0 Å². The molecule has 10 heteroatoms. The Morgan fingerprint density at radius 2 is 1.65 bits per heavy atom. The summed E-state index contributed by atoms with van der Waals surface area (Å²) in [5, 5.41) is 3.74. The highest BCUT2D eigenvalue weighted by molar-refractivity contribution is 6.36. The van der Waals surface area contributed by atoms with E-state index in [9.17, 15) is 22.8 Å². The molecule has 162 valence electrons. The molecular weight excluding hydrogens is 437 g/mol. The quantitative estimate of drug-likeness (QED) is 0.524. The van der Waals surface area contributed by atoms with Gasteiger partial charge in [0.2, 0.25) is 5.60 Å². The third kappa shape index (κ3) is 4.41. The maximum atomic E-state index is 14.5. The van der Waals surface area contributed by atoms with Gasteiger partial charge in [-0.25, -0.2) is 27.4 Å². The van der Waals surface area contributed by atoms with Gasteiger partial charge in [0.05, 0.1) is 12.8 Å². The van der Waals surface area contributed by atoms with Crippen molar-refractivity contribution in [2.45, 2.75) is 19.4 Å². The Bertz CT molecular complexity index is 1160. The summed E-state index contributed by atoms with van der Waals surface area (Å²) in [6.45, 7) is 2.60. The second kappa shape index (κ2) is 8.43. The van der Waals surface area contributed by atoms with Gasteiger partial charge in [-0.05, 0) is 50.2 Å². The number of hydrogen-bond acceptors (Lipinski definition) is 5. The summed E-state index contributed by atoms with van der Waals surface area (Å²) in [5.41, 5.74) is -2.20. The maximum Gasteiger partial charge on any atom is 0.361 e.